The van der Waals surface area contributed by atoms with E-state index in [0.717, 1.165) is 31.4 Å². The van der Waals surface area contributed by atoms with Gasteiger partial charge in [-0.15, -0.1) is 0 Å². The van der Waals surface area contributed by atoms with Crippen molar-refractivity contribution in [2.24, 2.45) is 7.05 Å². The maximum Gasteiger partial charge on any atom is 0.246 e. The Bertz CT molecular complexity index is 749. The molecule has 1 saturated carbocycles. The van der Waals surface area contributed by atoms with Gasteiger partial charge < -0.3 is 5.32 Å². The molecule has 7 heteroatoms. The Kier molecular flexibility index (Phi) is 5.90. The fourth-order valence-corrected chi connectivity index (χ4v) is 5.41. The molecule has 0 unspecified atom stereocenters. The molecule has 148 valence electrons. The van der Waals surface area contributed by atoms with Crippen molar-refractivity contribution in [3.63, 3.8) is 0 Å². The second-order valence-corrected chi connectivity index (χ2v) is 11.7. The molecular formula is C19H33N3O3S. The molecule has 1 fully saturated rings. The van der Waals surface area contributed by atoms with Gasteiger partial charge in [-0.2, -0.15) is 5.10 Å². The van der Waals surface area contributed by atoms with Crippen LogP contribution in [0.2, 0.25) is 0 Å². The summed E-state index contributed by atoms with van der Waals surface area (Å²) >= 11 is 0. The topological polar surface area (TPSA) is 81.1 Å². The van der Waals surface area contributed by atoms with Crippen molar-refractivity contribution in [1.29, 1.82) is 0 Å². The fraction of sp³-hybridized carbons (Fsp3) is 0.789. The SMILES string of the molecule is Cn1nc(C(C)(C)C)cc1NC(=O)C(C)(C)S(=O)(=O)C1CCCCCC1. The van der Waals surface area contributed by atoms with E-state index in [1.807, 2.05) is 26.8 Å². The van der Waals surface area contributed by atoms with Crippen LogP contribution in [0.3, 0.4) is 0 Å². The zero-order valence-corrected chi connectivity index (χ0v) is 17.7. The summed E-state index contributed by atoms with van der Waals surface area (Å²) in [6, 6.07) is 1.81. The molecule has 1 aromatic heterocycles. The molecule has 1 aliphatic rings. The van der Waals surface area contributed by atoms with E-state index in [2.05, 4.69) is 10.4 Å². The molecule has 2 rings (SSSR count). The van der Waals surface area contributed by atoms with Crippen LogP contribution in [0.4, 0.5) is 5.82 Å². The number of hydrogen-bond donors (Lipinski definition) is 1. The standard InChI is InChI=1S/C19H33N3O3S/c1-18(2,3)15-13-16(22(6)21-15)20-17(23)19(4,5)26(24,25)14-11-9-7-8-10-12-14/h13-14H,7-12H2,1-6H3,(H,20,23). The molecular weight excluding hydrogens is 350 g/mol. The minimum absolute atomic E-state index is 0.150. The quantitative estimate of drug-likeness (QED) is 0.806. The molecule has 1 heterocycles. The number of aryl methyl sites for hydroxylation is 1. The van der Waals surface area contributed by atoms with Gasteiger partial charge in [0.25, 0.3) is 0 Å². The molecule has 0 bridgehead atoms. The third-order valence-electron chi connectivity index (χ3n) is 5.39. The number of rotatable bonds is 4. The number of sulfone groups is 1. The van der Waals surface area contributed by atoms with Gasteiger partial charge in [0.1, 0.15) is 10.6 Å². The molecule has 0 saturated heterocycles. The van der Waals surface area contributed by atoms with Gasteiger partial charge in [-0.3, -0.25) is 9.48 Å². The van der Waals surface area contributed by atoms with Gasteiger partial charge in [0.15, 0.2) is 9.84 Å². The van der Waals surface area contributed by atoms with Crippen LogP contribution < -0.4 is 5.32 Å². The van der Waals surface area contributed by atoms with Crippen LogP contribution in [-0.4, -0.2) is 34.1 Å². The van der Waals surface area contributed by atoms with Crippen LogP contribution >= 0.6 is 0 Å². The Hall–Kier alpha value is -1.37. The van der Waals surface area contributed by atoms with Crippen molar-refractivity contribution in [2.45, 2.75) is 88.6 Å². The van der Waals surface area contributed by atoms with Crippen LogP contribution in [-0.2, 0) is 27.1 Å². The lowest BCUT2D eigenvalue weighted by Gasteiger charge is -2.28. The van der Waals surface area contributed by atoms with Gasteiger partial charge in [-0.05, 0) is 26.7 Å². The highest BCUT2D eigenvalue weighted by Crippen LogP contribution is 2.32. The lowest BCUT2D eigenvalue weighted by atomic mass is 9.92. The number of carbonyl (C=O) groups is 1. The van der Waals surface area contributed by atoms with E-state index in [0.29, 0.717) is 18.7 Å². The van der Waals surface area contributed by atoms with Gasteiger partial charge in [-0.1, -0.05) is 46.5 Å². The van der Waals surface area contributed by atoms with Crippen molar-refractivity contribution in [3.05, 3.63) is 11.8 Å². The molecule has 0 aromatic carbocycles. The summed E-state index contributed by atoms with van der Waals surface area (Å²) in [5.74, 6) is 0.0225. The minimum atomic E-state index is -3.58. The Morgan fingerprint density at radius 3 is 2.12 bits per heavy atom. The Labute approximate surface area is 157 Å². The van der Waals surface area contributed by atoms with E-state index in [1.165, 1.54) is 13.8 Å². The summed E-state index contributed by atoms with van der Waals surface area (Å²) in [5, 5.41) is 6.79. The molecule has 1 aliphatic carbocycles. The van der Waals surface area contributed by atoms with Crippen LogP contribution in [0.1, 0.15) is 78.8 Å². The summed E-state index contributed by atoms with van der Waals surface area (Å²) in [7, 11) is -1.83. The van der Waals surface area contributed by atoms with E-state index in [-0.39, 0.29) is 5.41 Å². The van der Waals surface area contributed by atoms with Crippen molar-refractivity contribution in [3.8, 4) is 0 Å². The summed E-state index contributed by atoms with van der Waals surface area (Å²) in [6.07, 6.45) is 5.28. The minimum Gasteiger partial charge on any atom is -0.310 e. The first-order valence-corrected chi connectivity index (χ1v) is 11.0. The number of hydrogen-bond acceptors (Lipinski definition) is 4. The number of aromatic nitrogens is 2. The zero-order valence-electron chi connectivity index (χ0n) is 16.9. The molecule has 6 nitrogen and oxygen atoms in total. The second-order valence-electron chi connectivity index (χ2n) is 8.91. The molecule has 26 heavy (non-hydrogen) atoms. The van der Waals surface area contributed by atoms with Gasteiger partial charge >= 0.3 is 0 Å². The van der Waals surface area contributed by atoms with E-state index in [9.17, 15) is 13.2 Å². The third-order valence-corrected chi connectivity index (χ3v) is 8.35. The van der Waals surface area contributed by atoms with Crippen LogP contribution in [0.25, 0.3) is 0 Å². The molecule has 1 aromatic rings. The average Bonchev–Trinajstić information content (AvgIpc) is 2.75. The highest BCUT2D eigenvalue weighted by Gasteiger charge is 2.46. The third kappa shape index (κ3) is 4.13. The number of amides is 1. The molecule has 1 N–H and O–H groups in total. The lowest BCUT2D eigenvalue weighted by Crippen LogP contribution is -2.49. The summed E-state index contributed by atoms with van der Waals surface area (Å²) in [6.45, 7) is 9.16. The molecule has 0 spiro atoms. The van der Waals surface area contributed by atoms with Crippen LogP contribution in [0, 0.1) is 0 Å². The largest absolute Gasteiger partial charge is 0.310 e. The van der Waals surface area contributed by atoms with Crippen molar-refractivity contribution in [1.82, 2.24) is 9.78 Å². The molecule has 0 radical (unpaired) electrons. The predicted molar refractivity (Wildman–Crippen MR) is 105 cm³/mol. The monoisotopic (exact) mass is 383 g/mol. The Balaban J connectivity index is 2.23. The first-order chi connectivity index (χ1) is 11.9. The highest BCUT2D eigenvalue weighted by molar-refractivity contribution is 7.94. The summed E-state index contributed by atoms with van der Waals surface area (Å²) in [4.78, 5) is 12.9. The van der Waals surface area contributed by atoms with Gasteiger partial charge in [0, 0.05) is 18.5 Å². The average molecular weight is 384 g/mol. The predicted octanol–water partition coefficient (Wildman–Crippen LogP) is 3.57. The van der Waals surface area contributed by atoms with E-state index in [1.54, 1.807) is 11.7 Å². The fourth-order valence-electron chi connectivity index (χ4n) is 3.32. The summed E-state index contributed by atoms with van der Waals surface area (Å²) in [5.41, 5.74) is 0.697. The number of anilines is 1. The summed E-state index contributed by atoms with van der Waals surface area (Å²) < 4.78 is 26.4. The van der Waals surface area contributed by atoms with E-state index < -0.39 is 25.7 Å². The van der Waals surface area contributed by atoms with Crippen LogP contribution in [0.15, 0.2) is 6.07 Å². The van der Waals surface area contributed by atoms with Crippen molar-refractivity contribution in [2.75, 3.05) is 5.32 Å². The number of carbonyl (C=O) groups excluding carboxylic acids is 1. The lowest BCUT2D eigenvalue weighted by molar-refractivity contribution is -0.117. The Morgan fingerprint density at radius 1 is 1.12 bits per heavy atom. The molecule has 0 atom stereocenters. The van der Waals surface area contributed by atoms with Crippen LogP contribution in [0.5, 0.6) is 0 Å². The van der Waals surface area contributed by atoms with E-state index in [4.69, 9.17) is 0 Å². The van der Waals surface area contributed by atoms with Crippen molar-refractivity contribution >= 4 is 21.6 Å². The maximum atomic E-state index is 13.2. The number of nitrogens with zero attached hydrogens (tertiary/aromatic N) is 2. The second kappa shape index (κ2) is 7.33. The van der Waals surface area contributed by atoms with Gasteiger partial charge in [-0.25, -0.2) is 8.42 Å². The molecule has 1 amide bonds. The highest BCUT2D eigenvalue weighted by atomic mass is 32.2. The van der Waals surface area contributed by atoms with Crippen molar-refractivity contribution < 1.29 is 13.2 Å². The van der Waals surface area contributed by atoms with Gasteiger partial charge in [0.2, 0.25) is 5.91 Å². The number of nitrogens with one attached hydrogen (secondary N) is 1. The first kappa shape index (κ1) is 20.9. The zero-order chi connectivity index (χ0) is 19.8. The first-order valence-electron chi connectivity index (χ1n) is 9.47. The maximum absolute atomic E-state index is 13.2. The Morgan fingerprint density at radius 2 is 1.65 bits per heavy atom. The normalized spacial score (nSPS) is 17.8. The smallest absolute Gasteiger partial charge is 0.246 e. The molecule has 0 aliphatic heterocycles. The van der Waals surface area contributed by atoms with E-state index >= 15 is 0 Å². The van der Waals surface area contributed by atoms with Gasteiger partial charge in [0.05, 0.1) is 10.9 Å².